The van der Waals surface area contributed by atoms with E-state index in [2.05, 4.69) is 20.5 Å². The molecule has 0 N–H and O–H groups in total. The van der Waals surface area contributed by atoms with Crippen molar-refractivity contribution in [2.45, 2.75) is 6.92 Å². The van der Waals surface area contributed by atoms with E-state index in [4.69, 9.17) is 14.0 Å². The highest BCUT2D eigenvalue weighted by atomic mass is 16.7. The summed E-state index contributed by atoms with van der Waals surface area (Å²) >= 11 is 0. The van der Waals surface area contributed by atoms with Crippen LogP contribution in [0.2, 0.25) is 0 Å². The van der Waals surface area contributed by atoms with E-state index in [1.54, 1.807) is 10.9 Å². The number of hydrogen-bond donors (Lipinski definition) is 0. The smallest absolute Gasteiger partial charge is 0.258 e. The zero-order valence-corrected chi connectivity index (χ0v) is 13.8. The summed E-state index contributed by atoms with van der Waals surface area (Å²) in [5.74, 6) is 2.11. The minimum absolute atomic E-state index is 0.218. The molecule has 128 valence electrons. The minimum atomic E-state index is 0.218. The Labute approximate surface area is 148 Å². The van der Waals surface area contributed by atoms with Crippen molar-refractivity contribution in [3.8, 4) is 40.2 Å². The monoisotopic (exact) mass is 347 g/mol. The molecule has 2 aromatic heterocycles. The molecule has 2 aromatic carbocycles. The van der Waals surface area contributed by atoms with Gasteiger partial charge in [0.2, 0.25) is 12.6 Å². The third-order valence-electron chi connectivity index (χ3n) is 4.07. The predicted molar refractivity (Wildman–Crippen MR) is 90.9 cm³/mol. The minimum Gasteiger partial charge on any atom is -0.454 e. The molecule has 26 heavy (non-hydrogen) atoms. The van der Waals surface area contributed by atoms with Gasteiger partial charge in [0, 0.05) is 5.56 Å². The van der Waals surface area contributed by atoms with E-state index in [1.165, 1.54) is 5.56 Å². The van der Waals surface area contributed by atoms with Crippen molar-refractivity contribution in [1.29, 1.82) is 0 Å². The van der Waals surface area contributed by atoms with Crippen molar-refractivity contribution in [3.05, 3.63) is 54.2 Å². The van der Waals surface area contributed by atoms with E-state index < -0.39 is 0 Å². The molecule has 0 bridgehead atoms. The van der Waals surface area contributed by atoms with Gasteiger partial charge in [-0.1, -0.05) is 28.1 Å². The first-order valence-corrected chi connectivity index (χ1v) is 8.00. The lowest BCUT2D eigenvalue weighted by Gasteiger charge is -1.99. The molecule has 0 spiro atoms. The molecule has 8 nitrogen and oxygen atoms in total. The zero-order valence-electron chi connectivity index (χ0n) is 13.8. The Hall–Kier alpha value is -3.68. The molecular formula is C18H13N5O3. The molecule has 0 aliphatic carbocycles. The van der Waals surface area contributed by atoms with Crippen LogP contribution in [0.1, 0.15) is 5.56 Å². The highest BCUT2D eigenvalue weighted by Gasteiger charge is 2.18. The average molecular weight is 347 g/mol. The van der Waals surface area contributed by atoms with E-state index in [1.807, 2.05) is 49.4 Å². The van der Waals surface area contributed by atoms with Gasteiger partial charge in [0.1, 0.15) is 0 Å². The normalized spacial score (nSPS) is 12.5. The lowest BCUT2D eigenvalue weighted by atomic mass is 10.2. The maximum atomic E-state index is 5.37. The summed E-state index contributed by atoms with van der Waals surface area (Å²) in [6.45, 7) is 2.25. The number of hydrogen-bond acceptors (Lipinski definition) is 7. The van der Waals surface area contributed by atoms with Crippen molar-refractivity contribution < 1.29 is 14.0 Å². The van der Waals surface area contributed by atoms with Gasteiger partial charge in [-0.2, -0.15) is 4.98 Å². The van der Waals surface area contributed by atoms with Crippen LogP contribution in [0.15, 0.2) is 53.2 Å². The van der Waals surface area contributed by atoms with Crippen LogP contribution in [0.4, 0.5) is 0 Å². The van der Waals surface area contributed by atoms with Crippen LogP contribution in [0, 0.1) is 6.92 Å². The molecule has 1 aliphatic rings. The second-order valence-electron chi connectivity index (χ2n) is 5.88. The van der Waals surface area contributed by atoms with Crippen molar-refractivity contribution in [2.75, 3.05) is 6.79 Å². The predicted octanol–water partition coefficient (Wildman–Crippen LogP) is 3.02. The Bertz CT molecular complexity index is 1080. The highest BCUT2D eigenvalue weighted by Crippen LogP contribution is 2.35. The Balaban J connectivity index is 1.44. The summed E-state index contributed by atoms with van der Waals surface area (Å²) < 4.78 is 17.7. The molecular weight excluding hydrogens is 334 g/mol. The summed E-state index contributed by atoms with van der Waals surface area (Å²) in [7, 11) is 0. The number of ether oxygens (including phenoxy) is 2. The summed E-state index contributed by atoms with van der Waals surface area (Å²) in [5.41, 5.74) is 3.37. The van der Waals surface area contributed by atoms with Crippen LogP contribution in [0.25, 0.3) is 28.7 Å². The molecule has 0 unspecified atom stereocenters. The molecule has 5 rings (SSSR count). The first-order chi connectivity index (χ1) is 12.8. The quantitative estimate of drug-likeness (QED) is 0.563. The lowest BCUT2D eigenvalue weighted by Crippen LogP contribution is -1.94. The molecule has 0 radical (unpaired) electrons. The third-order valence-corrected chi connectivity index (χ3v) is 4.07. The lowest BCUT2D eigenvalue weighted by molar-refractivity contribution is 0.174. The average Bonchev–Trinajstić information content (AvgIpc) is 3.40. The molecule has 0 amide bonds. The van der Waals surface area contributed by atoms with Crippen LogP contribution in [-0.4, -0.2) is 31.9 Å². The van der Waals surface area contributed by atoms with Crippen molar-refractivity contribution in [2.24, 2.45) is 0 Å². The second kappa shape index (κ2) is 5.69. The van der Waals surface area contributed by atoms with E-state index in [0.717, 1.165) is 11.3 Å². The molecule has 3 heterocycles. The van der Waals surface area contributed by atoms with Crippen LogP contribution in [0.5, 0.6) is 11.5 Å². The Morgan fingerprint density at radius 2 is 1.85 bits per heavy atom. The van der Waals surface area contributed by atoms with E-state index in [-0.39, 0.29) is 6.79 Å². The van der Waals surface area contributed by atoms with Gasteiger partial charge in [0.05, 0.1) is 11.9 Å². The fourth-order valence-corrected chi connectivity index (χ4v) is 2.66. The van der Waals surface area contributed by atoms with Gasteiger partial charge in [-0.05, 0) is 37.3 Å². The van der Waals surface area contributed by atoms with Gasteiger partial charge in [0.15, 0.2) is 17.2 Å². The Morgan fingerprint density at radius 3 is 2.73 bits per heavy atom. The molecule has 0 saturated heterocycles. The SMILES string of the molecule is Cc1ccc(-n2cc(-c3noc(-c4ccc5c(c4)OCO5)n3)nn2)cc1. The molecule has 0 atom stereocenters. The molecule has 0 saturated carbocycles. The fraction of sp³-hybridized carbons (Fsp3) is 0.111. The molecule has 0 fully saturated rings. The number of benzene rings is 2. The number of rotatable bonds is 3. The summed E-state index contributed by atoms with van der Waals surface area (Å²) in [6, 6.07) is 13.4. The van der Waals surface area contributed by atoms with Crippen LogP contribution in [0.3, 0.4) is 0 Å². The Morgan fingerprint density at radius 1 is 1.00 bits per heavy atom. The first kappa shape index (κ1) is 14.6. The molecule has 4 aromatic rings. The van der Waals surface area contributed by atoms with Crippen molar-refractivity contribution in [1.82, 2.24) is 25.1 Å². The largest absolute Gasteiger partial charge is 0.454 e. The van der Waals surface area contributed by atoms with Gasteiger partial charge in [0.25, 0.3) is 5.89 Å². The Kier molecular flexibility index (Phi) is 3.21. The summed E-state index contributed by atoms with van der Waals surface area (Å²) in [6.07, 6.45) is 1.76. The fourth-order valence-electron chi connectivity index (χ4n) is 2.66. The van der Waals surface area contributed by atoms with Crippen LogP contribution >= 0.6 is 0 Å². The standard InChI is InChI=1S/C18H13N5O3/c1-11-2-5-13(6-3-11)23-9-14(20-22-23)17-19-18(26-21-17)12-4-7-15-16(8-12)25-10-24-15/h2-9H,10H2,1H3. The van der Waals surface area contributed by atoms with Gasteiger partial charge < -0.3 is 14.0 Å². The number of nitrogens with zero attached hydrogens (tertiary/aromatic N) is 5. The maximum absolute atomic E-state index is 5.37. The molecule has 1 aliphatic heterocycles. The van der Waals surface area contributed by atoms with E-state index >= 15 is 0 Å². The third kappa shape index (κ3) is 2.48. The van der Waals surface area contributed by atoms with Crippen LogP contribution < -0.4 is 9.47 Å². The zero-order chi connectivity index (χ0) is 17.5. The summed E-state index contributed by atoms with van der Waals surface area (Å²) in [4.78, 5) is 4.41. The van der Waals surface area contributed by atoms with E-state index in [0.29, 0.717) is 28.9 Å². The second-order valence-corrected chi connectivity index (χ2v) is 5.88. The first-order valence-electron chi connectivity index (χ1n) is 8.00. The van der Waals surface area contributed by atoms with Gasteiger partial charge in [-0.25, -0.2) is 4.68 Å². The van der Waals surface area contributed by atoms with Crippen molar-refractivity contribution >= 4 is 0 Å². The van der Waals surface area contributed by atoms with Crippen molar-refractivity contribution in [3.63, 3.8) is 0 Å². The van der Waals surface area contributed by atoms with Crippen LogP contribution in [-0.2, 0) is 0 Å². The highest BCUT2D eigenvalue weighted by molar-refractivity contribution is 5.62. The van der Waals surface area contributed by atoms with E-state index in [9.17, 15) is 0 Å². The van der Waals surface area contributed by atoms with Gasteiger partial charge >= 0.3 is 0 Å². The number of aryl methyl sites for hydroxylation is 1. The topological polar surface area (TPSA) is 88.1 Å². The maximum Gasteiger partial charge on any atom is 0.258 e. The van der Waals surface area contributed by atoms with Gasteiger partial charge in [-0.3, -0.25) is 0 Å². The number of fused-ring (bicyclic) bond motifs is 1. The van der Waals surface area contributed by atoms with Gasteiger partial charge in [-0.15, -0.1) is 5.10 Å². The number of aromatic nitrogens is 5. The summed E-state index contributed by atoms with van der Waals surface area (Å²) in [5, 5.41) is 12.3. The molecule has 8 heteroatoms.